The average molecular weight is 330 g/mol. The molecule has 0 spiro atoms. The highest BCUT2D eigenvalue weighted by Gasteiger charge is 2.05. The van der Waals surface area contributed by atoms with Crippen molar-refractivity contribution in [1.82, 2.24) is 0 Å². The van der Waals surface area contributed by atoms with E-state index >= 15 is 0 Å². The molecular weight excluding hydrogens is 312 g/mol. The standard InChI is InChI=1S/C26H18/c1-2-6-19(7-3-1)10-11-20-12-13-22-15-17-23-16-14-21-8-4-5-9-24(21)26(23)25(22)18-20/h1-18H/b11-10-. The molecule has 0 atom stereocenters. The lowest BCUT2D eigenvalue weighted by Crippen LogP contribution is -1.82. The summed E-state index contributed by atoms with van der Waals surface area (Å²) in [6.07, 6.45) is 4.36. The maximum Gasteiger partial charge on any atom is -0.00266 e. The smallest absolute Gasteiger partial charge is 0.00266 e. The summed E-state index contributed by atoms with van der Waals surface area (Å²) < 4.78 is 0. The van der Waals surface area contributed by atoms with Crippen LogP contribution in [0.2, 0.25) is 0 Å². The Hall–Kier alpha value is -3.38. The molecule has 0 saturated heterocycles. The van der Waals surface area contributed by atoms with Crippen molar-refractivity contribution in [2.75, 3.05) is 0 Å². The fourth-order valence-electron chi connectivity index (χ4n) is 3.70. The van der Waals surface area contributed by atoms with Crippen LogP contribution in [0.5, 0.6) is 0 Å². The SMILES string of the molecule is C(=C/c1ccc2ccc3ccc4ccccc4c3c2c1)/c1ccccc1. The van der Waals surface area contributed by atoms with Crippen LogP contribution >= 0.6 is 0 Å². The molecule has 0 heteroatoms. The van der Waals surface area contributed by atoms with Crippen LogP contribution in [-0.2, 0) is 0 Å². The molecule has 0 saturated carbocycles. The molecule has 0 heterocycles. The van der Waals surface area contributed by atoms with Gasteiger partial charge in [0.05, 0.1) is 0 Å². The molecular formula is C26H18. The van der Waals surface area contributed by atoms with Crippen molar-refractivity contribution in [3.63, 3.8) is 0 Å². The Kier molecular flexibility index (Phi) is 3.54. The van der Waals surface area contributed by atoms with Gasteiger partial charge in [0.25, 0.3) is 0 Å². The number of rotatable bonds is 2. The average Bonchev–Trinajstić information content (AvgIpc) is 2.72. The van der Waals surface area contributed by atoms with E-state index in [9.17, 15) is 0 Å². The second kappa shape index (κ2) is 6.16. The lowest BCUT2D eigenvalue weighted by molar-refractivity contribution is 1.66. The van der Waals surface area contributed by atoms with Crippen LogP contribution in [-0.4, -0.2) is 0 Å². The van der Waals surface area contributed by atoms with E-state index in [0.717, 1.165) is 0 Å². The Morgan fingerprint density at radius 2 is 1.04 bits per heavy atom. The summed E-state index contributed by atoms with van der Waals surface area (Å²) in [6.45, 7) is 0. The van der Waals surface area contributed by atoms with Gasteiger partial charge in [0.15, 0.2) is 0 Å². The third-order valence-corrected chi connectivity index (χ3v) is 5.02. The van der Waals surface area contributed by atoms with Gasteiger partial charge in [0.1, 0.15) is 0 Å². The first-order chi connectivity index (χ1) is 12.9. The molecule has 5 rings (SSSR count). The van der Waals surface area contributed by atoms with Gasteiger partial charge in [-0.15, -0.1) is 0 Å². The van der Waals surface area contributed by atoms with Gasteiger partial charge >= 0.3 is 0 Å². The van der Waals surface area contributed by atoms with Crippen LogP contribution in [0, 0.1) is 0 Å². The van der Waals surface area contributed by atoms with Gasteiger partial charge in [-0.25, -0.2) is 0 Å². The topological polar surface area (TPSA) is 0 Å². The van der Waals surface area contributed by atoms with Crippen molar-refractivity contribution in [1.29, 1.82) is 0 Å². The predicted molar refractivity (Wildman–Crippen MR) is 114 cm³/mol. The van der Waals surface area contributed by atoms with Crippen LogP contribution < -0.4 is 0 Å². The van der Waals surface area contributed by atoms with Gasteiger partial charge in [0, 0.05) is 0 Å². The van der Waals surface area contributed by atoms with Gasteiger partial charge in [-0.1, -0.05) is 103 Å². The fraction of sp³-hybridized carbons (Fsp3) is 0. The third kappa shape index (κ3) is 2.57. The van der Waals surface area contributed by atoms with Crippen LogP contribution in [0.1, 0.15) is 11.1 Å². The zero-order valence-electron chi connectivity index (χ0n) is 14.4. The first kappa shape index (κ1) is 14.9. The van der Waals surface area contributed by atoms with Crippen LogP contribution in [0.4, 0.5) is 0 Å². The second-order valence-electron chi connectivity index (χ2n) is 6.67. The quantitative estimate of drug-likeness (QED) is 0.235. The molecule has 0 amide bonds. The summed E-state index contributed by atoms with van der Waals surface area (Å²) in [5.74, 6) is 0. The summed E-state index contributed by atoms with van der Waals surface area (Å²) in [4.78, 5) is 0. The van der Waals surface area contributed by atoms with Gasteiger partial charge in [-0.2, -0.15) is 0 Å². The van der Waals surface area contributed by atoms with Crippen LogP contribution in [0.15, 0.2) is 97.1 Å². The van der Waals surface area contributed by atoms with E-state index in [1.54, 1.807) is 0 Å². The minimum atomic E-state index is 1.22. The molecule has 0 unspecified atom stereocenters. The lowest BCUT2D eigenvalue weighted by atomic mass is 9.95. The van der Waals surface area contributed by atoms with Gasteiger partial charge in [-0.3, -0.25) is 0 Å². The number of fused-ring (bicyclic) bond motifs is 5. The zero-order chi connectivity index (χ0) is 17.3. The normalized spacial score (nSPS) is 11.7. The highest BCUT2D eigenvalue weighted by atomic mass is 14.1. The summed E-state index contributed by atoms with van der Waals surface area (Å²) >= 11 is 0. The van der Waals surface area contributed by atoms with Crippen molar-refractivity contribution in [3.8, 4) is 0 Å². The fourth-order valence-corrected chi connectivity index (χ4v) is 3.70. The first-order valence-corrected chi connectivity index (χ1v) is 8.96. The van der Waals surface area contributed by atoms with Gasteiger partial charge in [0.2, 0.25) is 0 Å². The largest absolute Gasteiger partial charge is 0.0622 e. The molecule has 0 bridgehead atoms. The Morgan fingerprint density at radius 3 is 1.88 bits per heavy atom. The molecule has 5 aromatic carbocycles. The summed E-state index contributed by atoms with van der Waals surface area (Å²) in [7, 11) is 0. The Morgan fingerprint density at radius 1 is 0.423 bits per heavy atom. The molecule has 0 nitrogen and oxygen atoms in total. The van der Waals surface area contributed by atoms with Crippen LogP contribution in [0.3, 0.4) is 0 Å². The Balaban J connectivity index is 1.75. The highest BCUT2D eigenvalue weighted by Crippen LogP contribution is 2.32. The molecule has 0 N–H and O–H groups in total. The minimum absolute atomic E-state index is 1.22. The molecule has 26 heavy (non-hydrogen) atoms. The van der Waals surface area contributed by atoms with Crippen LogP contribution in [0.25, 0.3) is 44.5 Å². The number of benzene rings is 5. The molecule has 0 aliphatic rings. The number of hydrogen-bond acceptors (Lipinski definition) is 0. The maximum absolute atomic E-state index is 2.31. The van der Waals surface area contributed by atoms with E-state index < -0.39 is 0 Å². The second-order valence-corrected chi connectivity index (χ2v) is 6.67. The van der Waals surface area contributed by atoms with E-state index in [0.29, 0.717) is 0 Å². The van der Waals surface area contributed by atoms with E-state index in [4.69, 9.17) is 0 Å². The van der Waals surface area contributed by atoms with Gasteiger partial charge in [-0.05, 0) is 49.5 Å². The summed E-state index contributed by atoms with van der Waals surface area (Å²) in [5, 5.41) is 7.84. The van der Waals surface area contributed by atoms with E-state index in [1.165, 1.54) is 43.4 Å². The molecule has 0 aromatic heterocycles. The van der Waals surface area contributed by atoms with Crippen molar-refractivity contribution >= 4 is 44.5 Å². The van der Waals surface area contributed by atoms with E-state index in [1.807, 2.05) is 6.07 Å². The van der Waals surface area contributed by atoms with Gasteiger partial charge < -0.3 is 0 Å². The lowest BCUT2D eigenvalue weighted by Gasteiger charge is -2.09. The summed E-state index contributed by atoms with van der Waals surface area (Å²) in [5.41, 5.74) is 2.44. The predicted octanol–water partition coefficient (Wildman–Crippen LogP) is 7.32. The molecule has 5 aromatic rings. The number of hydrogen-bond donors (Lipinski definition) is 0. The van der Waals surface area contributed by atoms with Crippen molar-refractivity contribution in [3.05, 3.63) is 108 Å². The Bertz CT molecular complexity index is 1260. The molecule has 0 aliphatic heterocycles. The monoisotopic (exact) mass is 330 g/mol. The maximum atomic E-state index is 2.31. The van der Waals surface area contributed by atoms with E-state index in [-0.39, 0.29) is 0 Å². The summed E-state index contributed by atoms with van der Waals surface area (Å²) in [6, 6.07) is 34.7. The van der Waals surface area contributed by atoms with Crippen molar-refractivity contribution in [2.24, 2.45) is 0 Å². The van der Waals surface area contributed by atoms with E-state index in [2.05, 4.69) is 103 Å². The third-order valence-electron chi connectivity index (χ3n) is 5.02. The Labute approximate surface area is 153 Å². The zero-order valence-corrected chi connectivity index (χ0v) is 14.4. The molecule has 0 aliphatic carbocycles. The molecule has 0 radical (unpaired) electrons. The van der Waals surface area contributed by atoms with Crippen molar-refractivity contribution in [2.45, 2.75) is 0 Å². The van der Waals surface area contributed by atoms with Crippen molar-refractivity contribution < 1.29 is 0 Å². The molecule has 0 fully saturated rings. The minimum Gasteiger partial charge on any atom is -0.0622 e. The first-order valence-electron chi connectivity index (χ1n) is 8.96. The highest BCUT2D eigenvalue weighted by molar-refractivity contribution is 6.20. The molecule has 122 valence electrons.